The molecule has 1 aliphatic heterocycles. The molecule has 0 bridgehead atoms. The Hall–Kier alpha value is -3.22. The van der Waals surface area contributed by atoms with E-state index in [1.165, 1.54) is 30.4 Å². The van der Waals surface area contributed by atoms with Crippen molar-refractivity contribution in [3.05, 3.63) is 87.8 Å². The normalized spacial score (nSPS) is 18.1. The van der Waals surface area contributed by atoms with Crippen molar-refractivity contribution in [2.75, 3.05) is 12.0 Å². The van der Waals surface area contributed by atoms with Crippen molar-refractivity contribution < 1.29 is 23.8 Å². The van der Waals surface area contributed by atoms with E-state index in [1.54, 1.807) is 42.5 Å². The van der Waals surface area contributed by atoms with Gasteiger partial charge >= 0.3 is 0 Å². The SMILES string of the molecule is COc1c(Cl)cc(/C(O)=C2/C(=O)C(=O)N(c3ccccc3)C2c2ccco2)cc1Cl. The number of methoxy groups -OCH3 is 1. The van der Waals surface area contributed by atoms with Gasteiger partial charge in [-0.15, -0.1) is 0 Å². The van der Waals surface area contributed by atoms with E-state index in [4.69, 9.17) is 32.4 Å². The topological polar surface area (TPSA) is 80.0 Å². The Kier molecular flexibility index (Phi) is 5.28. The fraction of sp³-hybridized carbons (Fsp3) is 0.0909. The second-order valence-electron chi connectivity index (χ2n) is 6.49. The smallest absolute Gasteiger partial charge is 0.300 e. The molecule has 8 heteroatoms. The maximum Gasteiger partial charge on any atom is 0.300 e. The number of rotatable bonds is 4. The second kappa shape index (κ2) is 7.89. The van der Waals surface area contributed by atoms with Gasteiger partial charge in [0, 0.05) is 11.3 Å². The lowest BCUT2D eigenvalue weighted by Crippen LogP contribution is -2.29. The Morgan fingerprint density at radius 1 is 1.07 bits per heavy atom. The van der Waals surface area contributed by atoms with Crippen molar-refractivity contribution in [3.63, 3.8) is 0 Å². The maximum absolute atomic E-state index is 13.0. The van der Waals surface area contributed by atoms with Crippen LogP contribution in [0.25, 0.3) is 5.76 Å². The first-order valence-electron chi connectivity index (χ1n) is 8.87. The number of Topliss-reactive ketones (excluding diaryl/α,β-unsaturated/α-hetero) is 1. The minimum Gasteiger partial charge on any atom is -0.507 e. The number of aliphatic hydroxyl groups excluding tert-OH is 1. The number of benzene rings is 2. The van der Waals surface area contributed by atoms with Gasteiger partial charge < -0.3 is 14.3 Å². The minimum absolute atomic E-state index is 0.129. The van der Waals surface area contributed by atoms with E-state index in [1.807, 2.05) is 0 Å². The Morgan fingerprint density at radius 2 is 1.73 bits per heavy atom. The van der Waals surface area contributed by atoms with E-state index in [0.29, 0.717) is 11.4 Å². The highest BCUT2D eigenvalue weighted by molar-refractivity contribution is 6.51. The molecule has 3 aromatic rings. The molecule has 1 aromatic heterocycles. The van der Waals surface area contributed by atoms with E-state index >= 15 is 0 Å². The molecule has 0 saturated carbocycles. The summed E-state index contributed by atoms with van der Waals surface area (Å²) < 4.78 is 10.6. The fourth-order valence-corrected chi connectivity index (χ4v) is 4.09. The lowest BCUT2D eigenvalue weighted by atomic mass is 9.99. The Morgan fingerprint density at radius 3 is 2.30 bits per heavy atom. The molecule has 2 aromatic carbocycles. The van der Waals surface area contributed by atoms with Crippen LogP contribution >= 0.6 is 23.2 Å². The molecule has 152 valence electrons. The number of amides is 1. The Balaban J connectivity index is 1.93. The highest BCUT2D eigenvalue weighted by Crippen LogP contribution is 2.43. The highest BCUT2D eigenvalue weighted by Gasteiger charge is 2.48. The summed E-state index contributed by atoms with van der Waals surface area (Å²) in [6.45, 7) is 0. The van der Waals surface area contributed by atoms with Crippen molar-refractivity contribution in [2.45, 2.75) is 6.04 Å². The number of nitrogens with zero attached hydrogens (tertiary/aromatic N) is 1. The lowest BCUT2D eigenvalue weighted by molar-refractivity contribution is -0.132. The van der Waals surface area contributed by atoms with E-state index in [9.17, 15) is 14.7 Å². The summed E-state index contributed by atoms with van der Waals surface area (Å²) in [7, 11) is 1.41. The molecule has 4 rings (SSSR count). The number of carbonyl (C=O) groups excluding carboxylic acids is 2. The number of halogens is 2. The average Bonchev–Trinajstić information content (AvgIpc) is 3.35. The van der Waals surface area contributed by atoms with Crippen molar-refractivity contribution in [1.29, 1.82) is 0 Å². The standard InChI is InChI=1S/C22H15Cl2NO5/c1-29-21-14(23)10-12(11-15(21)24)19(26)17-18(16-8-5-9-30-16)25(22(28)20(17)27)13-6-3-2-4-7-13/h2-11,18,26H,1H3/b19-17-. The largest absolute Gasteiger partial charge is 0.507 e. The van der Waals surface area contributed by atoms with Crippen LogP contribution < -0.4 is 9.64 Å². The molecular formula is C22H15Cl2NO5. The van der Waals surface area contributed by atoms with E-state index in [-0.39, 0.29) is 26.9 Å². The van der Waals surface area contributed by atoms with Crippen LogP contribution in [0.5, 0.6) is 5.75 Å². The monoisotopic (exact) mass is 443 g/mol. The molecule has 1 N–H and O–H groups in total. The third kappa shape index (κ3) is 3.24. The van der Waals surface area contributed by atoms with Gasteiger partial charge in [-0.05, 0) is 36.4 Å². The zero-order chi connectivity index (χ0) is 21.4. The summed E-state index contributed by atoms with van der Waals surface area (Å²) in [5.74, 6) is -1.48. The molecule has 0 aliphatic carbocycles. The van der Waals surface area contributed by atoms with Crippen LogP contribution in [0.4, 0.5) is 5.69 Å². The quantitative estimate of drug-likeness (QED) is 0.339. The number of carbonyl (C=O) groups is 2. The number of anilines is 1. The van der Waals surface area contributed by atoms with Gasteiger partial charge in [0.25, 0.3) is 11.7 Å². The predicted molar refractivity (Wildman–Crippen MR) is 113 cm³/mol. The van der Waals surface area contributed by atoms with Crippen LogP contribution in [-0.2, 0) is 9.59 Å². The van der Waals surface area contributed by atoms with Crippen LogP contribution in [0.2, 0.25) is 10.0 Å². The maximum atomic E-state index is 13.0. The summed E-state index contributed by atoms with van der Waals surface area (Å²) in [5.41, 5.74) is 0.537. The highest BCUT2D eigenvalue weighted by atomic mass is 35.5. The second-order valence-corrected chi connectivity index (χ2v) is 7.31. The van der Waals surface area contributed by atoms with Crippen molar-refractivity contribution in [2.24, 2.45) is 0 Å². The Bertz CT molecular complexity index is 1130. The molecule has 1 fully saturated rings. The molecule has 6 nitrogen and oxygen atoms in total. The van der Waals surface area contributed by atoms with Gasteiger partial charge in [0.2, 0.25) is 0 Å². The number of hydrogen-bond acceptors (Lipinski definition) is 5. The van der Waals surface area contributed by atoms with Gasteiger partial charge in [-0.2, -0.15) is 0 Å². The summed E-state index contributed by atoms with van der Waals surface area (Å²) in [6, 6.07) is 13.8. The van der Waals surface area contributed by atoms with Crippen LogP contribution in [0.3, 0.4) is 0 Å². The first-order valence-corrected chi connectivity index (χ1v) is 9.62. The molecule has 1 atom stereocenters. The molecule has 30 heavy (non-hydrogen) atoms. The zero-order valence-corrected chi connectivity index (χ0v) is 17.1. The van der Waals surface area contributed by atoms with Gasteiger partial charge in [0.05, 0.1) is 29.0 Å². The van der Waals surface area contributed by atoms with E-state index in [2.05, 4.69) is 0 Å². The Labute approximate surface area is 181 Å². The summed E-state index contributed by atoms with van der Waals surface area (Å²) in [4.78, 5) is 27.2. The van der Waals surface area contributed by atoms with E-state index < -0.39 is 23.5 Å². The molecule has 0 spiro atoms. The first kappa shape index (κ1) is 20.1. The van der Waals surface area contributed by atoms with Crippen LogP contribution in [0, 0.1) is 0 Å². The number of ether oxygens (including phenoxy) is 1. The lowest BCUT2D eigenvalue weighted by Gasteiger charge is -2.23. The van der Waals surface area contributed by atoms with Crippen molar-refractivity contribution >= 4 is 46.3 Å². The van der Waals surface area contributed by atoms with Crippen molar-refractivity contribution in [1.82, 2.24) is 0 Å². The zero-order valence-electron chi connectivity index (χ0n) is 15.6. The van der Waals surface area contributed by atoms with Gasteiger partial charge in [-0.3, -0.25) is 14.5 Å². The molecule has 1 unspecified atom stereocenters. The molecule has 1 saturated heterocycles. The summed E-state index contributed by atoms with van der Waals surface area (Å²) >= 11 is 12.4. The van der Waals surface area contributed by atoms with Crippen molar-refractivity contribution in [3.8, 4) is 5.75 Å². The third-order valence-electron chi connectivity index (χ3n) is 4.77. The summed E-state index contributed by atoms with van der Waals surface area (Å²) in [6.07, 6.45) is 1.43. The molecule has 1 amide bonds. The third-order valence-corrected chi connectivity index (χ3v) is 5.33. The van der Waals surface area contributed by atoms with Gasteiger partial charge in [0.1, 0.15) is 17.6 Å². The van der Waals surface area contributed by atoms with Gasteiger partial charge in [-0.1, -0.05) is 41.4 Å². The average molecular weight is 444 g/mol. The van der Waals surface area contributed by atoms with Gasteiger partial charge in [0.15, 0.2) is 5.75 Å². The molecule has 0 radical (unpaired) electrons. The number of aliphatic hydroxyl groups is 1. The summed E-state index contributed by atoms with van der Waals surface area (Å²) in [5, 5.41) is 11.3. The molecule has 1 aliphatic rings. The van der Waals surface area contributed by atoms with Crippen LogP contribution in [0.1, 0.15) is 17.4 Å². The molecular weight excluding hydrogens is 429 g/mol. The van der Waals surface area contributed by atoms with Gasteiger partial charge in [-0.25, -0.2) is 0 Å². The predicted octanol–water partition coefficient (Wildman–Crippen LogP) is 5.22. The number of para-hydroxylation sites is 1. The first-order chi connectivity index (χ1) is 14.4. The number of ketones is 1. The fourth-order valence-electron chi connectivity index (χ4n) is 3.45. The molecule has 2 heterocycles. The number of hydrogen-bond donors (Lipinski definition) is 1. The number of furan rings is 1. The van der Waals surface area contributed by atoms with Crippen LogP contribution in [-0.4, -0.2) is 23.9 Å². The van der Waals surface area contributed by atoms with E-state index in [0.717, 1.165) is 0 Å². The van der Waals surface area contributed by atoms with Crippen LogP contribution in [0.15, 0.2) is 70.9 Å². The minimum atomic E-state index is -0.956.